The van der Waals surface area contributed by atoms with Gasteiger partial charge in [0.25, 0.3) is 0 Å². The monoisotopic (exact) mass is 520 g/mol. The van der Waals surface area contributed by atoms with Crippen LogP contribution in [0.4, 0.5) is 0 Å². The highest BCUT2D eigenvalue weighted by Crippen LogP contribution is 2.29. The number of carbonyl (C=O) groups excluding carboxylic acids is 1. The summed E-state index contributed by atoms with van der Waals surface area (Å²) >= 11 is 12.0. The molecule has 2 aromatic rings. The smallest absolute Gasteiger partial charge is 0.222 e. The van der Waals surface area contributed by atoms with E-state index in [9.17, 15) is 9.90 Å². The van der Waals surface area contributed by atoms with Gasteiger partial charge < -0.3 is 19.5 Å². The Morgan fingerprint density at radius 3 is 2.60 bits per heavy atom. The summed E-state index contributed by atoms with van der Waals surface area (Å²) in [5.74, 6) is 1.73. The quantitative estimate of drug-likeness (QED) is 0.437. The molecule has 0 aliphatic carbocycles. The van der Waals surface area contributed by atoms with Gasteiger partial charge in [-0.3, -0.25) is 9.69 Å². The van der Waals surface area contributed by atoms with Crippen molar-refractivity contribution in [3.63, 3.8) is 0 Å². The van der Waals surface area contributed by atoms with Gasteiger partial charge >= 0.3 is 0 Å². The van der Waals surface area contributed by atoms with E-state index in [0.717, 1.165) is 57.7 Å². The number of carbonyl (C=O) groups is 1. The van der Waals surface area contributed by atoms with Crippen LogP contribution < -0.4 is 9.47 Å². The summed E-state index contributed by atoms with van der Waals surface area (Å²) in [4.78, 5) is 16.0. The number of halogens is 2. The molecule has 1 unspecified atom stereocenters. The molecule has 8 heteroatoms. The second kappa shape index (κ2) is 12.3. The normalized spacial score (nSPS) is 21.2. The van der Waals surface area contributed by atoms with Crippen molar-refractivity contribution >= 4 is 29.1 Å². The Hall–Kier alpha value is -1.99. The van der Waals surface area contributed by atoms with E-state index in [4.69, 9.17) is 32.7 Å². The standard InChI is InChI=1S/C27H34Cl2N2O4/c28-24-9-8-23(18-25(24)29)35-20-27(33)10-3-12-30(15-11-27)19-21-5-1-6-22(17-21)34-16-4-14-31-13-2-7-26(31)32/h1,5-6,8-9,17-18,33H,2-4,7,10-16,19-20H2. The van der Waals surface area contributed by atoms with E-state index in [1.54, 1.807) is 18.2 Å². The van der Waals surface area contributed by atoms with Crippen LogP contribution in [0.2, 0.25) is 10.0 Å². The lowest BCUT2D eigenvalue weighted by atomic mass is 9.96. The highest BCUT2D eigenvalue weighted by Gasteiger charge is 2.31. The van der Waals surface area contributed by atoms with Crippen molar-refractivity contribution in [2.75, 3.05) is 39.4 Å². The lowest BCUT2D eigenvalue weighted by Crippen LogP contribution is -2.37. The molecule has 2 heterocycles. The highest BCUT2D eigenvalue weighted by molar-refractivity contribution is 6.42. The minimum Gasteiger partial charge on any atom is -0.494 e. The molecule has 0 aromatic heterocycles. The van der Waals surface area contributed by atoms with Crippen LogP contribution in [0.15, 0.2) is 42.5 Å². The molecule has 190 valence electrons. The summed E-state index contributed by atoms with van der Waals surface area (Å²) < 4.78 is 11.8. The maximum absolute atomic E-state index is 11.7. The molecule has 4 rings (SSSR count). The Morgan fingerprint density at radius 1 is 0.943 bits per heavy atom. The predicted molar refractivity (Wildman–Crippen MR) is 138 cm³/mol. The van der Waals surface area contributed by atoms with E-state index >= 15 is 0 Å². The van der Waals surface area contributed by atoms with Crippen LogP contribution in [0.1, 0.15) is 44.1 Å². The number of nitrogens with zero attached hydrogens (tertiary/aromatic N) is 2. The number of rotatable bonds is 10. The van der Waals surface area contributed by atoms with Crippen molar-refractivity contribution in [1.82, 2.24) is 9.80 Å². The molecule has 0 spiro atoms. The first kappa shape index (κ1) is 26.1. The fraction of sp³-hybridized carbons (Fsp3) is 0.519. The largest absolute Gasteiger partial charge is 0.494 e. The number of amides is 1. The second-order valence-corrected chi connectivity index (χ2v) is 10.4. The molecule has 2 saturated heterocycles. The zero-order valence-corrected chi connectivity index (χ0v) is 21.6. The first-order valence-electron chi connectivity index (χ1n) is 12.4. The van der Waals surface area contributed by atoms with Crippen LogP contribution in [-0.2, 0) is 11.3 Å². The average Bonchev–Trinajstić information content (AvgIpc) is 3.16. The third-order valence-electron chi connectivity index (χ3n) is 6.73. The van der Waals surface area contributed by atoms with Gasteiger partial charge in [0.05, 0.1) is 22.3 Å². The Labute approximate surface area is 217 Å². The fourth-order valence-corrected chi connectivity index (χ4v) is 4.99. The molecule has 2 aliphatic rings. The van der Waals surface area contributed by atoms with Crippen molar-refractivity contribution in [1.29, 1.82) is 0 Å². The van der Waals surface area contributed by atoms with Crippen molar-refractivity contribution in [3.8, 4) is 11.5 Å². The summed E-state index contributed by atoms with van der Waals surface area (Å²) in [6.45, 7) is 4.99. The number of hydrogen-bond donors (Lipinski definition) is 1. The molecule has 0 saturated carbocycles. The summed E-state index contributed by atoms with van der Waals surface area (Å²) in [6.07, 6.45) is 4.71. The van der Waals surface area contributed by atoms with Gasteiger partial charge in [0.1, 0.15) is 18.1 Å². The molecular weight excluding hydrogens is 487 g/mol. The lowest BCUT2D eigenvalue weighted by Gasteiger charge is -2.27. The van der Waals surface area contributed by atoms with Gasteiger partial charge in [0, 0.05) is 38.7 Å². The predicted octanol–water partition coefficient (Wildman–Crippen LogP) is 5.18. The van der Waals surface area contributed by atoms with E-state index in [-0.39, 0.29) is 12.5 Å². The van der Waals surface area contributed by atoms with Gasteiger partial charge in [0.2, 0.25) is 5.91 Å². The van der Waals surface area contributed by atoms with Crippen LogP contribution in [0.5, 0.6) is 11.5 Å². The van der Waals surface area contributed by atoms with Gasteiger partial charge in [0.15, 0.2) is 0 Å². The van der Waals surface area contributed by atoms with E-state index in [1.165, 1.54) is 5.56 Å². The van der Waals surface area contributed by atoms with Crippen LogP contribution in [0.25, 0.3) is 0 Å². The van der Waals surface area contributed by atoms with Gasteiger partial charge in [-0.1, -0.05) is 35.3 Å². The van der Waals surface area contributed by atoms with E-state index in [0.29, 0.717) is 41.7 Å². The second-order valence-electron chi connectivity index (χ2n) is 9.55. The van der Waals surface area contributed by atoms with Crippen LogP contribution in [-0.4, -0.2) is 65.8 Å². The Balaban J connectivity index is 1.22. The molecule has 0 bridgehead atoms. The summed E-state index contributed by atoms with van der Waals surface area (Å²) in [6, 6.07) is 13.3. The molecule has 2 aromatic carbocycles. The summed E-state index contributed by atoms with van der Waals surface area (Å²) in [5, 5.41) is 12.0. The van der Waals surface area contributed by atoms with Gasteiger partial charge in [-0.2, -0.15) is 0 Å². The van der Waals surface area contributed by atoms with Crippen LogP contribution in [0, 0.1) is 0 Å². The third-order valence-corrected chi connectivity index (χ3v) is 7.46. The molecule has 1 amide bonds. The Kier molecular flexibility index (Phi) is 9.17. The van der Waals surface area contributed by atoms with E-state index in [1.807, 2.05) is 17.0 Å². The molecular formula is C27H34Cl2N2O4. The van der Waals surface area contributed by atoms with Crippen LogP contribution >= 0.6 is 23.2 Å². The summed E-state index contributed by atoms with van der Waals surface area (Å²) in [5.41, 5.74) is 0.317. The van der Waals surface area contributed by atoms with Crippen molar-refractivity contribution in [2.45, 2.75) is 50.7 Å². The third kappa shape index (κ3) is 7.74. The van der Waals surface area contributed by atoms with Gasteiger partial charge in [-0.25, -0.2) is 0 Å². The fourth-order valence-electron chi connectivity index (χ4n) is 4.70. The Bertz CT molecular complexity index is 1000. The summed E-state index contributed by atoms with van der Waals surface area (Å²) in [7, 11) is 0. The number of benzene rings is 2. The van der Waals surface area contributed by atoms with Crippen molar-refractivity contribution < 1.29 is 19.4 Å². The molecule has 0 radical (unpaired) electrons. The maximum atomic E-state index is 11.7. The first-order chi connectivity index (χ1) is 16.9. The highest BCUT2D eigenvalue weighted by atomic mass is 35.5. The first-order valence-corrected chi connectivity index (χ1v) is 13.2. The number of hydrogen-bond acceptors (Lipinski definition) is 5. The SMILES string of the molecule is O=C1CCCN1CCCOc1cccc(CN2CCCC(O)(COc3ccc(Cl)c(Cl)c3)CC2)c1. The Morgan fingerprint density at radius 2 is 1.80 bits per heavy atom. The van der Waals surface area contributed by atoms with E-state index < -0.39 is 5.60 Å². The molecule has 1 atom stereocenters. The topological polar surface area (TPSA) is 62.2 Å². The lowest BCUT2D eigenvalue weighted by molar-refractivity contribution is -0.127. The average molecular weight is 521 g/mol. The van der Waals surface area contributed by atoms with Crippen molar-refractivity contribution in [3.05, 3.63) is 58.1 Å². The van der Waals surface area contributed by atoms with Gasteiger partial charge in [-0.05, 0) is 68.5 Å². The molecule has 35 heavy (non-hydrogen) atoms. The number of aliphatic hydroxyl groups is 1. The molecule has 6 nitrogen and oxygen atoms in total. The number of likely N-dealkylation sites (tertiary alicyclic amines) is 2. The van der Waals surface area contributed by atoms with Crippen molar-refractivity contribution in [2.24, 2.45) is 0 Å². The number of ether oxygens (including phenoxy) is 2. The maximum Gasteiger partial charge on any atom is 0.222 e. The minimum absolute atomic E-state index is 0.227. The van der Waals surface area contributed by atoms with Gasteiger partial charge in [-0.15, -0.1) is 0 Å². The molecule has 2 aliphatic heterocycles. The van der Waals surface area contributed by atoms with Crippen LogP contribution in [0.3, 0.4) is 0 Å². The zero-order valence-electron chi connectivity index (χ0n) is 20.1. The minimum atomic E-state index is -0.872. The molecule has 2 fully saturated rings. The zero-order chi connectivity index (χ0) is 24.7. The molecule has 1 N–H and O–H groups in total. The van der Waals surface area contributed by atoms with E-state index in [2.05, 4.69) is 17.0 Å².